The van der Waals surface area contributed by atoms with E-state index in [4.69, 9.17) is 62.6 Å². The predicted molar refractivity (Wildman–Crippen MR) is 175 cm³/mol. The molecule has 1 aromatic carbocycles. The monoisotopic (exact) mass is 677 g/mol. The van der Waals surface area contributed by atoms with Crippen molar-refractivity contribution < 1.29 is 61.6 Å². The molecule has 14 nitrogen and oxygen atoms in total. The van der Waals surface area contributed by atoms with Crippen LogP contribution in [0.1, 0.15) is 27.2 Å². The van der Waals surface area contributed by atoms with Gasteiger partial charge in [0.05, 0.1) is 139 Å². The topological polar surface area (TPSA) is 154 Å². The van der Waals surface area contributed by atoms with Crippen LogP contribution >= 0.6 is 0 Å². The number of hydrogen-bond donors (Lipinski definition) is 1. The van der Waals surface area contributed by atoms with Crippen LogP contribution in [0.15, 0.2) is 24.3 Å². The number of ether oxygens (including phenoxy) is 12. The lowest BCUT2D eigenvalue weighted by Gasteiger charge is -2.19. The Hall–Kier alpha value is -2.11. The van der Waals surface area contributed by atoms with E-state index in [0.717, 1.165) is 5.75 Å². The summed E-state index contributed by atoms with van der Waals surface area (Å²) in [5, 5.41) is 0. The Morgan fingerprint density at radius 1 is 0.468 bits per heavy atom. The van der Waals surface area contributed by atoms with Crippen molar-refractivity contribution in [2.24, 2.45) is 0 Å². The number of carbonyl (C=O) groups excluding carboxylic acids is 1. The van der Waals surface area contributed by atoms with Crippen LogP contribution < -0.4 is 10.5 Å². The lowest BCUT2D eigenvalue weighted by molar-refractivity contribution is -0.156. The number of rotatable bonds is 34. The van der Waals surface area contributed by atoms with Crippen molar-refractivity contribution >= 4 is 11.7 Å². The Morgan fingerprint density at radius 2 is 0.745 bits per heavy atom. The van der Waals surface area contributed by atoms with Gasteiger partial charge in [0.1, 0.15) is 18.0 Å². The zero-order valence-corrected chi connectivity index (χ0v) is 28.8. The first-order chi connectivity index (χ1) is 22.9. The SMILES string of the molecule is CC(C)(C)OC(=O)CCOCCOCCOCCOCCOCCOCCOCCOCCOCCOCCOc1ccc(N)cc1. The van der Waals surface area contributed by atoms with Crippen LogP contribution in [0.5, 0.6) is 5.75 Å². The van der Waals surface area contributed by atoms with E-state index in [2.05, 4.69) is 0 Å². The van der Waals surface area contributed by atoms with Crippen molar-refractivity contribution in [1.29, 1.82) is 0 Å². The highest BCUT2D eigenvalue weighted by Crippen LogP contribution is 2.12. The van der Waals surface area contributed by atoms with Gasteiger partial charge in [-0.25, -0.2) is 0 Å². The van der Waals surface area contributed by atoms with Crippen LogP contribution in [0, 0.1) is 0 Å². The fraction of sp³-hybridized carbons (Fsp3) is 0.788. The number of nitrogens with two attached hydrogens (primary N) is 1. The molecule has 1 rings (SSSR count). The lowest BCUT2D eigenvalue weighted by atomic mass is 10.2. The molecule has 0 aliphatic rings. The minimum atomic E-state index is -0.475. The quantitative estimate of drug-likeness (QED) is 0.0646. The molecule has 0 amide bonds. The Labute approximate surface area is 280 Å². The van der Waals surface area contributed by atoms with Gasteiger partial charge in [0.25, 0.3) is 0 Å². The molecule has 0 radical (unpaired) electrons. The Balaban J connectivity index is 1.64. The van der Waals surface area contributed by atoms with Crippen LogP contribution in [0.2, 0.25) is 0 Å². The minimum absolute atomic E-state index is 0.231. The van der Waals surface area contributed by atoms with Crippen molar-refractivity contribution in [3.63, 3.8) is 0 Å². The summed E-state index contributed by atoms with van der Waals surface area (Å²) in [6.07, 6.45) is 0.231. The summed E-state index contributed by atoms with van der Waals surface area (Å²) < 4.78 is 65.3. The van der Waals surface area contributed by atoms with E-state index in [0.29, 0.717) is 144 Å². The minimum Gasteiger partial charge on any atom is -0.491 e. The molecule has 47 heavy (non-hydrogen) atoms. The van der Waals surface area contributed by atoms with E-state index in [-0.39, 0.29) is 12.4 Å². The average molecular weight is 678 g/mol. The molecule has 0 unspecified atom stereocenters. The molecular formula is C33H59NO13. The Morgan fingerprint density at radius 3 is 1.04 bits per heavy atom. The van der Waals surface area contributed by atoms with Crippen molar-refractivity contribution in [2.45, 2.75) is 32.8 Å². The summed E-state index contributed by atoms with van der Waals surface area (Å²) >= 11 is 0. The zero-order valence-electron chi connectivity index (χ0n) is 28.8. The van der Waals surface area contributed by atoms with Crippen molar-refractivity contribution in [2.75, 3.05) is 144 Å². The van der Waals surface area contributed by atoms with E-state index in [1.54, 1.807) is 12.1 Å². The number of anilines is 1. The first kappa shape index (κ1) is 42.9. The van der Waals surface area contributed by atoms with Crippen LogP contribution in [0.4, 0.5) is 5.69 Å². The maximum absolute atomic E-state index is 11.6. The molecular weight excluding hydrogens is 618 g/mol. The molecule has 0 fully saturated rings. The van der Waals surface area contributed by atoms with E-state index >= 15 is 0 Å². The average Bonchev–Trinajstić information content (AvgIpc) is 3.03. The number of esters is 1. The molecule has 0 saturated carbocycles. The van der Waals surface area contributed by atoms with Crippen LogP contribution in [-0.2, 0) is 56.9 Å². The van der Waals surface area contributed by atoms with Crippen LogP contribution in [0.3, 0.4) is 0 Å². The number of hydrogen-bond acceptors (Lipinski definition) is 14. The van der Waals surface area contributed by atoms with Crippen LogP contribution in [0.25, 0.3) is 0 Å². The number of benzene rings is 1. The molecule has 0 atom stereocenters. The third-order valence-corrected chi connectivity index (χ3v) is 5.60. The summed E-state index contributed by atoms with van der Waals surface area (Å²) in [5.74, 6) is 0.503. The van der Waals surface area contributed by atoms with Gasteiger partial charge in [-0.1, -0.05) is 0 Å². The van der Waals surface area contributed by atoms with Gasteiger partial charge in [-0.05, 0) is 45.0 Å². The first-order valence-electron chi connectivity index (χ1n) is 16.3. The lowest BCUT2D eigenvalue weighted by Crippen LogP contribution is -2.24. The third kappa shape index (κ3) is 32.2. The van der Waals surface area contributed by atoms with Crippen molar-refractivity contribution in [1.82, 2.24) is 0 Å². The van der Waals surface area contributed by atoms with Gasteiger partial charge in [-0.15, -0.1) is 0 Å². The fourth-order valence-electron chi connectivity index (χ4n) is 3.41. The Kier molecular flexibility index (Phi) is 28.5. The van der Waals surface area contributed by atoms with E-state index < -0.39 is 5.60 Å². The molecule has 0 spiro atoms. The molecule has 0 aliphatic carbocycles. The molecule has 1 aromatic rings. The third-order valence-electron chi connectivity index (χ3n) is 5.60. The molecule has 2 N–H and O–H groups in total. The van der Waals surface area contributed by atoms with Gasteiger partial charge in [0.2, 0.25) is 0 Å². The van der Waals surface area contributed by atoms with Crippen molar-refractivity contribution in [3.05, 3.63) is 24.3 Å². The largest absolute Gasteiger partial charge is 0.491 e. The summed E-state index contributed by atoms with van der Waals surface area (Å²) in [4.78, 5) is 11.6. The number of carbonyl (C=O) groups is 1. The molecule has 0 saturated heterocycles. The van der Waals surface area contributed by atoms with Gasteiger partial charge in [-0.3, -0.25) is 4.79 Å². The summed E-state index contributed by atoms with van der Waals surface area (Å²) in [6, 6.07) is 7.25. The molecule has 0 bridgehead atoms. The zero-order chi connectivity index (χ0) is 34.1. The highest BCUT2D eigenvalue weighted by molar-refractivity contribution is 5.69. The van der Waals surface area contributed by atoms with Gasteiger partial charge in [-0.2, -0.15) is 0 Å². The Bertz CT molecular complexity index is 824. The summed E-state index contributed by atoms with van der Waals surface area (Å²) in [6.45, 7) is 15.5. The maximum Gasteiger partial charge on any atom is 0.308 e. The van der Waals surface area contributed by atoms with Gasteiger partial charge in [0.15, 0.2) is 0 Å². The smallest absolute Gasteiger partial charge is 0.308 e. The van der Waals surface area contributed by atoms with E-state index in [1.807, 2.05) is 32.9 Å². The van der Waals surface area contributed by atoms with E-state index in [1.165, 1.54) is 0 Å². The molecule has 0 aliphatic heterocycles. The fourth-order valence-corrected chi connectivity index (χ4v) is 3.41. The molecule has 0 heterocycles. The van der Waals surface area contributed by atoms with Gasteiger partial charge in [0, 0.05) is 5.69 Å². The highest BCUT2D eigenvalue weighted by Gasteiger charge is 2.15. The second-order valence-corrected chi connectivity index (χ2v) is 10.9. The molecule has 274 valence electrons. The molecule has 14 heteroatoms. The standard InChI is InChI=1S/C33H59NO13/c1-33(2,3)47-32(35)8-9-36-10-11-37-12-13-38-14-15-39-16-17-40-18-19-41-20-21-42-22-23-43-24-25-44-26-27-45-28-29-46-31-6-4-30(34)5-7-31/h4-7H,8-29,34H2,1-3H3. The van der Waals surface area contributed by atoms with E-state index in [9.17, 15) is 4.79 Å². The second kappa shape index (κ2) is 31.2. The van der Waals surface area contributed by atoms with Gasteiger partial charge < -0.3 is 62.6 Å². The van der Waals surface area contributed by atoms with Crippen molar-refractivity contribution in [3.8, 4) is 5.75 Å². The second-order valence-electron chi connectivity index (χ2n) is 10.9. The molecule has 0 aromatic heterocycles. The highest BCUT2D eigenvalue weighted by atomic mass is 16.6. The predicted octanol–water partition coefficient (Wildman–Crippen LogP) is 2.55. The normalized spacial score (nSPS) is 11.6. The summed E-state index contributed by atoms with van der Waals surface area (Å²) in [7, 11) is 0. The first-order valence-corrected chi connectivity index (χ1v) is 16.3. The maximum atomic E-state index is 11.6. The number of nitrogen functional groups attached to an aromatic ring is 1. The summed E-state index contributed by atoms with van der Waals surface area (Å²) in [5.41, 5.74) is 5.87. The van der Waals surface area contributed by atoms with Crippen LogP contribution in [-0.4, -0.2) is 150 Å². The van der Waals surface area contributed by atoms with Gasteiger partial charge >= 0.3 is 5.97 Å².